The van der Waals surface area contributed by atoms with Crippen LogP contribution >= 0.6 is 22.9 Å². The van der Waals surface area contributed by atoms with Gasteiger partial charge < -0.3 is 15.6 Å². The lowest BCUT2D eigenvalue weighted by molar-refractivity contribution is -0.198. The zero-order valence-electron chi connectivity index (χ0n) is 20.8. The topological polar surface area (TPSA) is 116 Å². The van der Waals surface area contributed by atoms with E-state index in [1.54, 1.807) is 48.8 Å². The molecule has 5 rings (SSSR count). The summed E-state index contributed by atoms with van der Waals surface area (Å²) in [5, 5.41) is 15.3. The third kappa shape index (κ3) is 5.64. The number of benzene rings is 2. The molecule has 5 aromatic rings. The van der Waals surface area contributed by atoms with Crippen molar-refractivity contribution in [3.63, 3.8) is 0 Å². The van der Waals surface area contributed by atoms with Crippen molar-refractivity contribution in [1.29, 1.82) is 0 Å². The molecule has 0 radical (unpaired) electrons. The summed E-state index contributed by atoms with van der Waals surface area (Å²) in [5.74, 6) is -1.31. The van der Waals surface area contributed by atoms with E-state index in [2.05, 4.69) is 15.1 Å². The Morgan fingerprint density at radius 3 is 2.58 bits per heavy atom. The highest BCUT2D eigenvalue weighted by molar-refractivity contribution is 7.18. The number of thiophene rings is 1. The number of ether oxygens (including phenoxy) is 1. The molecular formula is C27H21ClF3N5O3S. The van der Waals surface area contributed by atoms with Crippen molar-refractivity contribution in [3.8, 4) is 22.7 Å². The molecule has 3 aromatic heterocycles. The van der Waals surface area contributed by atoms with Crippen LogP contribution in [0.4, 0.5) is 13.2 Å². The minimum absolute atomic E-state index is 0.128. The first kappa shape index (κ1) is 27.6. The lowest BCUT2D eigenvalue weighted by atomic mass is 10.0. The summed E-state index contributed by atoms with van der Waals surface area (Å²) in [6, 6.07) is 11.7. The van der Waals surface area contributed by atoms with Gasteiger partial charge in [-0.3, -0.25) is 4.79 Å². The molecule has 3 heterocycles. The Morgan fingerprint density at radius 2 is 1.93 bits per heavy atom. The van der Waals surface area contributed by atoms with E-state index in [0.717, 1.165) is 28.8 Å². The van der Waals surface area contributed by atoms with Crippen molar-refractivity contribution in [2.75, 3.05) is 0 Å². The quantitative estimate of drug-likeness (QED) is 0.224. The molecule has 0 aliphatic carbocycles. The van der Waals surface area contributed by atoms with Gasteiger partial charge in [0.1, 0.15) is 17.1 Å². The van der Waals surface area contributed by atoms with E-state index in [4.69, 9.17) is 27.2 Å². The van der Waals surface area contributed by atoms with Crippen LogP contribution in [-0.2, 0) is 11.2 Å². The van der Waals surface area contributed by atoms with Crippen LogP contribution < -0.4 is 10.5 Å². The fourth-order valence-electron chi connectivity index (χ4n) is 4.18. The first-order valence-corrected chi connectivity index (χ1v) is 13.1. The number of fused-ring (bicyclic) bond motifs is 1. The normalized spacial score (nSPS) is 13.3. The average molecular weight is 588 g/mol. The molecular weight excluding hydrogens is 567 g/mol. The van der Waals surface area contributed by atoms with E-state index in [-0.39, 0.29) is 28.6 Å². The van der Waals surface area contributed by atoms with Crippen molar-refractivity contribution in [2.24, 2.45) is 5.73 Å². The number of nitrogens with two attached hydrogens (primary N) is 1. The van der Waals surface area contributed by atoms with E-state index in [1.807, 2.05) is 0 Å². The summed E-state index contributed by atoms with van der Waals surface area (Å²) in [4.78, 5) is 19.4. The largest absolute Gasteiger partial charge is 0.480 e. The number of halogens is 4. The second kappa shape index (κ2) is 10.9. The van der Waals surface area contributed by atoms with E-state index in [1.165, 1.54) is 22.9 Å². The van der Waals surface area contributed by atoms with E-state index in [0.29, 0.717) is 21.5 Å². The predicted octanol–water partition coefficient (Wildman–Crippen LogP) is 6.14. The lowest BCUT2D eigenvalue weighted by Gasteiger charge is -2.24. The van der Waals surface area contributed by atoms with Crippen LogP contribution in [0.5, 0.6) is 5.88 Å². The van der Waals surface area contributed by atoms with Gasteiger partial charge in [-0.2, -0.15) is 18.3 Å². The zero-order chi connectivity index (χ0) is 28.6. The third-order valence-corrected chi connectivity index (χ3v) is 7.32. The molecule has 0 amide bonds. The molecule has 206 valence electrons. The molecule has 0 fully saturated rings. The van der Waals surface area contributed by atoms with Gasteiger partial charge in [-0.05, 0) is 42.7 Å². The van der Waals surface area contributed by atoms with Gasteiger partial charge in [0.15, 0.2) is 0 Å². The average Bonchev–Trinajstić information content (AvgIpc) is 3.54. The molecule has 0 saturated heterocycles. The molecule has 0 aliphatic heterocycles. The maximum atomic E-state index is 14.5. The number of alkyl halides is 3. The van der Waals surface area contributed by atoms with Crippen LogP contribution in [0.25, 0.3) is 27.0 Å². The van der Waals surface area contributed by atoms with Crippen LogP contribution in [0, 0.1) is 6.92 Å². The number of hydrogen-bond donors (Lipinski definition) is 2. The molecule has 8 nitrogen and oxygen atoms in total. The highest BCUT2D eigenvalue weighted by Crippen LogP contribution is 2.43. The highest BCUT2D eigenvalue weighted by atomic mass is 35.5. The van der Waals surface area contributed by atoms with Gasteiger partial charge in [-0.15, -0.1) is 11.3 Å². The van der Waals surface area contributed by atoms with E-state index >= 15 is 0 Å². The third-order valence-electron chi connectivity index (χ3n) is 6.13. The smallest absolute Gasteiger partial charge is 0.429 e. The molecule has 2 aromatic carbocycles. The van der Waals surface area contributed by atoms with E-state index in [9.17, 15) is 18.0 Å². The standard InChI is InChI=1S/C27H21ClF3N5O3S/c1-14-8-9-36(35-14)21-11-17(28)6-7-18(21)24(27(29,30)31)39-25-23-22(33-13-34-25)19(12-40-23)16-4-2-15(3-5-16)10-20(32)26(37)38/h2-9,11-13,20,24H,10,32H2,1H3,(H,37,38)/t20-,24+/m0/s1. The summed E-state index contributed by atoms with van der Waals surface area (Å²) in [7, 11) is 0. The van der Waals surface area contributed by atoms with Gasteiger partial charge in [0.25, 0.3) is 0 Å². The number of carbonyl (C=O) groups is 1. The maximum Gasteiger partial charge on any atom is 0.429 e. The minimum Gasteiger partial charge on any atom is -0.480 e. The second-order valence-corrected chi connectivity index (χ2v) is 10.3. The zero-order valence-corrected chi connectivity index (χ0v) is 22.3. The Balaban J connectivity index is 1.51. The van der Waals surface area contributed by atoms with Gasteiger partial charge in [0.05, 0.1) is 16.9 Å². The van der Waals surface area contributed by atoms with Crippen LogP contribution in [0.2, 0.25) is 5.02 Å². The Bertz CT molecular complexity index is 1690. The van der Waals surface area contributed by atoms with Crippen molar-refractivity contribution in [1.82, 2.24) is 19.7 Å². The number of hydrogen-bond acceptors (Lipinski definition) is 7. The Labute approximate surface area is 234 Å². The van der Waals surface area contributed by atoms with Crippen LogP contribution in [0.1, 0.15) is 22.9 Å². The lowest BCUT2D eigenvalue weighted by Crippen LogP contribution is -2.32. The van der Waals surface area contributed by atoms with Crippen molar-refractivity contribution in [3.05, 3.63) is 88.3 Å². The maximum absolute atomic E-state index is 14.5. The van der Waals surface area contributed by atoms with Crippen molar-refractivity contribution in [2.45, 2.75) is 31.7 Å². The molecule has 2 atom stereocenters. The Kier molecular flexibility index (Phi) is 7.49. The van der Waals surface area contributed by atoms with Crippen molar-refractivity contribution >= 4 is 39.1 Å². The molecule has 3 N–H and O–H groups in total. The second-order valence-electron chi connectivity index (χ2n) is 9.00. The fourth-order valence-corrected chi connectivity index (χ4v) is 5.31. The number of rotatable bonds is 8. The van der Waals surface area contributed by atoms with Gasteiger partial charge in [-0.1, -0.05) is 41.9 Å². The predicted molar refractivity (Wildman–Crippen MR) is 145 cm³/mol. The van der Waals surface area contributed by atoms with Gasteiger partial charge in [-0.25, -0.2) is 14.6 Å². The number of aromatic nitrogens is 4. The first-order chi connectivity index (χ1) is 19.0. The summed E-state index contributed by atoms with van der Waals surface area (Å²) < 4.78 is 50.7. The Morgan fingerprint density at radius 1 is 1.18 bits per heavy atom. The molecule has 13 heteroatoms. The highest BCUT2D eigenvalue weighted by Gasteiger charge is 2.45. The summed E-state index contributed by atoms with van der Waals surface area (Å²) in [6.07, 6.45) is -4.31. The SMILES string of the molecule is Cc1ccn(-c2cc(Cl)ccc2[C@@H](Oc2ncnc3c(-c4ccc(C[C@H](N)C(=O)O)cc4)csc23)C(F)(F)F)n1. The van der Waals surface area contributed by atoms with Crippen LogP contribution in [0.3, 0.4) is 0 Å². The molecule has 0 saturated carbocycles. The number of carboxylic acids is 1. The molecule has 0 bridgehead atoms. The fraction of sp³-hybridized carbons (Fsp3) is 0.185. The number of aliphatic carboxylic acids is 1. The number of nitrogens with zero attached hydrogens (tertiary/aromatic N) is 4. The van der Waals surface area contributed by atoms with Gasteiger partial charge >= 0.3 is 12.1 Å². The van der Waals surface area contributed by atoms with Crippen LogP contribution in [0.15, 0.2) is 66.4 Å². The monoisotopic (exact) mass is 587 g/mol. The Hall–Kier alpha value is -4.00. The van der Waals surface area contributed by atoms with E-state index < -0.39 is 24.3 Å². The van der Waals surface area contributed by atoms with Crippen molar-refractivity contribution < 1.29 is 27.8 Å². The molecule has 0 aliphatic rings. The minimum atomic E-state index is -4.80. The van der Waals surface area contributed by atoms with Crippen LogP contribution in [-0.4, -0.2) is 43.0 Å². The number of aryl methyl sites for hydroxylation is 1. The molecule has 0 spiro atoms. The number of carboxylic acid groups (broad SMARTS) is 1. The summed E-state index contributed by atoms with van der Waals surface area (Å²) in [5.41, 5.74) is 8.75. The summed E-state index contributed by atoms with van der Waals surface area (Å²) in [6.45, 7) is 1.73. The molecule has 0 unspecified atom stereocenters. The van der Waals surface area contributed by atoms with Gasteiger partial charge in [0.2, 0.25) is 12.0 Å². The van der Waals surface area contributed by atoms with Gasteiger partial charge in [0, 0.05) is 27.7 Å². The first-order valence-electron chi connectivity index (χ1n) is 11.9. The summed E-state index contributed by atoms with van der Waals surface area (Å²) >= 11 is 7.28. The molecule has 40 heavy (non-hydrogen) atoms.